The summed E-state index contributed by atoms with van der Waals surface area (Å²) in [5, 5.41) is 2.38. The molecule has 82 valence electrons. The van der Waals surface area contributed by atoms with Crippen molar-refractivity contribution in [2.45, 2.75) is 52.9 Å². The lowest BCUT2D eigenvalue weighted by Gasteiger charge is -2.05. The molecule has 14 heavy (non-hydrogen) atoms. The molecule has 0 aromatic rings. The van der Waals surface area contributed by atoms with E-state index in [1.165, 1.54) is 0 Å². The molecule has 0 fully saturated rings. The maximum Gasteiger partial charge on any atom is 0.229 e. The molecular formula is C11H21NO2. The molecule has 0 aromatic heterocycles. The van der Waals surface area contributed by atoms with Gasteiger partial charge in [-0.05, 0) is 6.42 Å². The monoisotopic (exact) mass is 199 g/mol. The second-order valence-electron chi connectivity index (χ2n) is 3.88. The molecule has 1 N–H and O–H groups in total. The van der Waals surface area contributed by atoms with Crippen LogP contribution in [0.2, 0.25) is 0 Å². The van der Waals surface area contributed by atoms with Gasteiger partial charge in [0.1, 0.15) is 0 Å². The van der Waals surface area contributed by atoms with E-state index in [1.54, 1.807) is 13.8 Å². The first-order chi connectivity index (χ1) is 6.57. The molecule has 3 nitrogen and oxygen atoms in total. The van der Waals surface area contributed by atoms with Crippen molar-refractivity contribution in [3.8, 4) is 0 Å². The van der Waals surface area contributed by atoms with E-state index in [0.29, 0.717) is 6.42 Å². The number of imide groups is 1. The minimum Gasteiger partial charge on any atom is -0.296 e. The zero-order chi connectivity index (χ0) is 11.0. The lowest BCUT2D eigenvalue weighted by atomic mass is 10.1. The van der Waals surface area contributed by atoms with E-state index in [2.05, 4.69) is 12.2 Å². The van der Waals surface area contributed by atoms with Crippen LogP contribution in [-0.2, 0) is 9.59 Å². The molecule has 0 rings (SSSR count). The van der Waals surface area contributed by atoms with Crippen LogP contribution in [0, 0.1) is 5.92 Å². The third-order valence-electron chi connectivity index (χ3n) is 2.04. The van der Waals surface area contributed by atoms with Crippen LogP contribution in [0.25, 0.3) is 0 Å². The molecule has 0 radical (unpaired) electrons. The zero-order valence-corrected chi connectivity index (χ0v) is 9.43. The molecule has 0 saturated carbocycles. The third-order valence-corrected chi connectivity index (χ3v) is 2.04. The van der Waals surface area contributed by atoms with E-state index >= 15 is 0 Å². The van der Waals surface area contributed by atoms with Crippen molar-refractivity contribution in [2.75, 3.05) is 0 Å². The van der Waals surface area contributed by atoms with Crippen molar-refractivity contribution >= 4 is 11.8 Å². The standard InChI is InChI=1S/C11H21NO2/c1-4-5-6-7-8-10(13)12-11(14)9(2)3/h9H,4-8H2,1-3H3,(H,12,13,14). The second-order valence-corrected chi connectivity index (χ2v) is 3.88. The van der Waals surface area contributed by atoms with E-state index in [1.807, 2.05) is 0 Å². The molecule has 0 unspecified atom stereocenters. The Morgan fingerprint density at radius 3 is 2.29 bits per heavy atom. The minimum atomic E-state index is -0.175. The van der Waals surface area contributed by atoms with Crippen LogP contribution in [0.3, 0.4) is 0 Å². The van der Waals surface area contributed by atoms with Gasteiger partial charge in [-0.25, -0.2) is 0 Å². The molecule has 0 bridgehead atoms. The Hall–Kier alpha value is -0.860. The van der Waals surface area contributed by atoms with Crippen LogP contribution in [0.4, 0.5) is 0 Å². The SMILES string of the molecule is CCCCCCC(=O)NC(=O)C(C)C. The predicted octanol–water partition coefficient (Wildman–Crippen LogP) is 2.26. The fraction of sp³-hybridized carbons (Fsp3) is 0.818. The van der Waals surface area contributed by atoms with Crippen molar-refractivity contribution in [1.82, 2.24) is 5.32 Å². The van der Waals surface area contributed by atoms with Crippen molar-refractivity contribution in [2.24, 2.45) is 5.92 Å². The Kier molecular flexibility index (Phi) is 7.07. The number of nitrogens with one attached hydrogen (secondary N) is 1. The van der Waals surface area contributed by atoms with Crippen molar-refractivity contribution < 1.29 is 9.59 Å². The smallest absolute Gasteiger partial charge is 0.229 e. The summed E-state index contributed by atoms with van der Waals surface area (Å²) < 4.78 is 0. The lowest BCUT2D eigenvalue weighted by Crippen LogP contribution is -2.33. The molecule has 2 amide bonds. The van der Waals surface area contributed by atoms with Crippen LogP contribution in [-0.4, -0.2) is 11.8 Å². The Bertz CT molecular complexity index is 188. The van der Waals surface area contributed by atoms with Gasteiger partial charge in [0.25, 0.3) is 0 Å². The summed E-state index contributed by atoms with van der Waals surface area (Å²) >= 11 is 0. The molecule has 0 atom stereocenters. The molecule has 0 aliphatic heterocycles. The van der Waals surface area contributed by atoms with E-state index in [9.17, 15) is 9.59 Å². The number of carbonyl (C=O) groups is 2. The van der Waals surface area contributed by atoms with Gasteiger partial charge in [0, 0.05) is 12.3 Å². The number of unbranched alkanes of at least 4 members (excludes halogenated alkanes) is 3. The summed E-state index contributed by atoms with van der Waals surface area (Å²) in [6.45, 7) is 5.68. The van der Waals surface area contributed by atoms with Crippen LogP contribution < -0.4 is 5.32 Å². The van der Waals surface area contributed by atoms with E-state index < -0.39 is 0 Å². The average molecular weight is 199 g/mol. The average Bonchev–Trinajstić information content (AvgIpc) is 2.12. The highest BCUT2D eigenvalue weighted by atomic mass is 16.2. The van der Waals surface area contributed by atoms with Gasteiger partial charge in [-0.3, -0.25) is 14.9 Å². The van der Waals surface area contributed by atoms with Crippen LogP contribution in [0.5, 0.6) is 0 Å². The molecule has 3 heteroatoms. The maximum absolute atomic E-state index is 11.2. The highest BCUT2D eigenvalue weighted by Gasteiger charge is 2.10. The lowest BCUT2D eigenvalue weighted by molar-refractivity contribution is -0.132. The fourth-order valence-electron chi connectivity index (χ4n) is 1.06. The highest BCUT2D eigenvalue weighted by Crippen LogP contribution is 2.02. The minimum absolute atomic E-state index is 0.116. The zero-order valence-electron chi connectivity index (χ0n) is 9.43. The number of carbonyl (C=O) groups excluding carboxylic acids is 2. The number of rotatable bonds is 6. The largest absolute Gasteiger partial charge is 0.296 e. The normalized spacial score (nSPS) is 10.3. The maximum atomic E-state index is 11.2. The Morgan fingerprint density at radius 2 is 1.79 bits per heavy atom. The summed E-state index contributed by atoms with van der Waals surface area (Å²) in [7, 11) is 0. The van der Waals surface area contributed by atoms with Gasteiger partial charge in [-0.2, -0.15) is 0 Å². The Labute approximate surface area is 86.3 Å². The predicted molar refractivity (Wildman–Crippen MR) is 56.7 cm³/mol. The quantitative estimate of drug-likeness (QED) is 0.667. The fourth-order valence-corrected chi connectivity index (χ4v) is 1.06. The summed E-state index contributed by atoms with van der Waals surface area (Å²) in [6.07, 6.45) is 4.74. The molecule has 0 spiro atoms. The number of hydrogen-bond donors (Lipinski definition) is 1. The van der Waals surface area contributed by atoms with Crippen molar-refractivity contribution in [3.05, 3.63) is 0 Å². The second kappa shape index (κ2) is 7.54. The van der Waals surface area contributed by atoms with Crippen LogP contribution in [0.1, 0.15) is 52.9 Å². The van der Waals surface area contributed by atoms with Crippen molar-refractivity contribution in [3.63, 3.8) is 0 Å². The molecule has 0 aliphatic carbocycles. The van der Waals surface area contributed by atoms with Gasteiger partial charge >= 0.3 is 0 Å². The van der Waals surface area contributed by atoms with Crippen molar-refractivity contribution in [1.29, 1.82) is 0 Å². The first-order valence-corrected chi connectivity index (χ1v) is 5.41. The van der Waals surface area contributed by atoms with Crippen LogP contribution >= 0.6 is 0 Å². The number of hydrogen-bond acceptors (Lipinski definition) is 2. The van der Waals surface area contributed by atoms with Gasteiger partial charge in [-0.15, -0.1) is 0 Å². The van der Waals surface area contributed by atoms with E-state index in [-0.39, 0.29) is 17.7 Å². The topological polar surface area (TPSA) is 46.2 Å². The highest BCUT2D eigenvalue weighted by molar-refractivity contribution is 5.95. The summed E-state index contributed by atoms with van der Waals surface area (Å²) in [6, 6.07) is 0. The third kappa shape index (κ3) is 6.63. The molecular weight excluding hydrogens is 178 g/mol. The molecule has 0 aromatic carbocycles. The number of amides is 2. The van der Waals surface area contributed by atoms with Gasteiger partial charge in [0.2, 0.25) is 11.8 Å². The Morgan fingerprint density at radius 1 is 1.14 bits per heavy atom. The van der Waals surface area contributed by atoms with Gasteiger partial charge in [0.15, 0.2) is 0 Å². The summed E-state index contributed by atoms with van der Waals surface area (Å²) in [4.78, 5) is 22.3. The molecule has 0 saturated heterocycles. The van der Waals surface area contributed by atoms with Gasteiger partial charge < -0.3 is 0 Å². The van der Waals surface area contributed by atoms with E-state index in [0.717, 1.165) is 25.7 Å². The first-order valence-electron chi connectivity index (χ1n) is 5.41. The van der Waals surface area contributed by atoms with Crippen LogP contribution in [0.15, 0.2) is 0 Å². The molecule has 0 heterocycles. The van der Waals surface area contributed by atoms with E-state index in [4.69, 9.17) is 0 Å². The van der Waals surface area contributed by atoms with Gasteiger partial charge in [-0.1, -0.05) is 40.0 Å². The molecule has 0 aliphatic rings. The first kappa shape index (κ1) is 13.1. The summed E-state index contributed by atoms with van der Waals surface area (Å²) in [5.74, 6) is -0.431. The summed E-state index contributed by atoms with van der Waals surface area (Å²) in [5.41, 5.74) is 0. The van der Waals surface area contributed by atoms with Gasteiger partial charge in [0.05, 0.1) is 0 Å². The Balaban J connectivity index is 3.51.